The zero-order valence-electron chi connectivity index (χ0n) is 23.8. The van der Waals surface area contributed by atoms with Crippen LogP contribution in [0.5, 0.6) is 0 Å². The van der Waals surface area contributed by atoms with Gasteiger partial charge in [0.2, 0.25) is 11.8 Å². The second kappa shape index (κ2) is 14.5. The first-order chi connectivity index (χ1) is 20.1. The quantitative estimate of drug-likeness (QED) is 0.216. The van der Waals surface area contributed by atoms with Crippen LogP contribution in [-0.2, 0) is 32.3 Å². The van der Waals surface area contributed by atoms with Crippen molar-refractivity contribution in [2.45, 2.75) is 57.3 Å². The summed E-state index contributed by atoms with van der Waals surface area (Å²) >= 11 is 11.9. The van der Waals surface area contributed by atoms with Gasteiger partial charge in [0.25, 0.3) is 10.0 Å². The van der Waals surface area contributed by atoms with Gasteiger partial charge in [-0.25, -0.2) is 8.42 Å². The lowest BCUT2D eigenvalue weighted by Gasteiger charge is -2.32. The Balaban J connectivity index is 2.10. The van der Waals surface area contributed by atoms with Crippen molar-refractivity contribution in [1.82, 2.24) is 10.2 Å². The first kappa shape index (κ1) is 34.2. The fraction of sp³-hybridized carbons (Fsp3) is 0.333. The molecular weight excluding hydrogens is 626 g/mol. The zero-order chi connectivity index (χ0) is 31.9. The Morgan fingerprint density at radius 1 is 1.00 bits per heavy atom. The van der Waals surface area contributed by atoms with E-state index in [-0.39, 0.29) is 11.4 Å². The van der Waals surface area contributed by atoms with Gasteiger partial charge in [-0.2, -0.15) is 13.2 Å². The van der Waals surface area contributed by atoms with Gasteiger partial charge in [0.1, 0.15) is 12.6 Å². The Morgan fingerprint density at radius 3 is 2.28 bits per heavy atom. The van der Waals surface area contributed by atoms with E-state index in [2.05, 4.69) is 5.32 Å². The summed E-state index contributed by atoms with van der Waals surface area (Å²) in [4.78, 5) is 27.9. The molecule has 232 valence electrons. The summed E-state index contributed by atoms with van der Waals surface area (Å²) in [6.45, 7) is 4.54. The Labute approximate surface area is 259 Å². The number of carbonyl (C=O) groups excluding carboxylic acids is 2. The molecule has 0 fully saturated rings. The molecule has 0 heterocycles. The van der Waals surface area contributed by atoms with E-state index in [9.17, 15) is 31.2 Å². The highest BCUT2D eigenvalue weighted by atomic mass is 35.5. The summed E-state index contributed by atoms with van der Waals surface area (Å²) in [6.07, 6.45) is -3.35. The van der Waals surface area contributed by atoms with Gasteiger partial charge in [-0.3, -0.25) is 13.9 Å². The van der Waals surface area contributed by atoms with Gasteiger partial charge in [-0.1, -0.05) is 66.4 Å². The molecule has 0 bridgehead atoms. The number of sulfonamides is 1. The molecule has 0 spiro atoms. The van der Waals surface area contributed by atoms with Gasteiger partial charge >= 0.3 is 6.18 Å². The molecule has 3 aromatic rings. The lowest BCUT2D eigenvalue weighted by molar-refractivity contribution is -0.139. The number of halogens is 5. The first-order valence-electron chi connectivity index (χ1n) is 13.4. The number of hydrogen-bond donors (Lipinski definition) is 1. The van der Waals surface area contributed by atoms with Crippen molar-refractivity contribution >= 4 is 50.7 Å². The summed E-state index contributed by atoms with van der Waals surface area (Å²) in [6, 6.07) is 13.8. The molecule has 13 heteroatoms. The first-order valence-corrected chi connectivity index (χ1v) is 15.6. The number of nitrogens with one attached hydrogen (secondary N) is 1. The second-order valence-electron chi connectivity index (χ2n) is 9.96. The average molecular weight is 659 g/mol. The predicted octanol–water partition coefficient (Wildman–Crippen LogP) is 6.85. The maximum Gasteiger partial charge on any atom is 0.417 e. The lowest BCUT2D eigenvalue weighted by atomic mass is 10.1. The number of hydrogen-bond acceptors (Lipinski definition) is 4. The maximum absolute atomic E-state index is 13.9. The summed E-state index contributed by atoms with van der Waals surface area (Å²) in [5.41, 5.74) is -0.369. The van der Waals surface area contributed by atoms with Crippen LogP contribution in [0.2, 0.25) is 10.0 Å². The molecule has 43 heavy (non-hydrogen) atoms. The topological polar surface area (TPSA) is 86.8 Å². The van der Waals surface area contributed by atoms with E-state index >= 15 is 0 Å². The van der Waals surface area contributed by atoms with E-state index in [1.165, 1.54) is 36.1 Å². The van der Waals surface area contributed by atoms with Crippen molar-refractivity contribution in [3.8, 4) is 0 Å². The van der Waals surface area contributed by atoms with E-state index in [1.807, 2.05) is 6.92 Å². The van der Waals surface area contributed by atoms with Gasteiger partial charge in [-0.05, 0) is 68.3 Å². The molecule has 1 atom stereocenters. The number of alkyl halides is 3. The van der Waals surface area contributed by atoms with Crippen molar-refractivity contribution < 1.29 is 31.2 Å². The van der Waals surface area contributed by atoms with E-state index in [0.29, 0.717) is 33.9 Å². The summed E-state index contributed by atoms with van der Waals surface area (Å²) in [7, 11) is -4.56. The molecule has 7 nitrogen and oxygen atoms in total. The fourth-order valence-electron chi connectivity index (χ4n) is 4.20. The average Bonchev–Trinajstić information content (AvgIpc) is 2.94. The van der Waals surface area contributed by atoms with E-state index in [1.54, 1.807) is 31.2 Å². The highest BCUT2D eigenvalue weighted by Crippen LogP contribution is 2.38. The zero-order valence-corrected chi connectivity index (χ0v) is 26.1. The smallest absolute Gasteiger partial charge is 0.354 e. The van der Waals surface area contributed by atoms with Gasteiger partial charge in [0, 0.05) is 18.1 Å². The number of nitrogens with zero attached hydrogens (tertiary/aromatic N) is 2. The Bertz CT molecular complexity index is 1550. The minimum absolute atomic E-state index is 0.116. The van der Waals surface area contributed by atoms with Crippen LogP contribution < -0.4 is 9.62 Å². The van der Waals surface area contributed by atoms with Crippen LogP contribution >= 0.6 is 23.2 Å². The van der Waals surface area contributed by atoms with Crippen LogP contribution in [0.15, 0.2) is 71.6 Å². The number of carbonyl (C=O) groups is 2. The van der Waals surface area contributed by atoms with Crippen LogP contribution in [0.1, 0.15) is 43.4 Å². The fourth-order valence-corrected chi connectivity index (χ4v) is 6.05. The number of anilines is 1. The molecule has 0 radical (unpaired) electrons. The minimum Gasteiger partial charge on any atom is -0.354 e. The SMILES string of the molecule is CCCCNC(=O)[C@@H](C)N(Cc1cccc(Cl)c1)C(=O)CN(c1ccc(Cl)c(C(F)(F)F)c1)S(=O)(=O)c1ccc(C)cc1. The molecule has 0 aliphatic heterocycles. The highest BCUT2D eigenvalue weighted by Gasteiger charge is 2.37. The normalized spacial score (nSPS) is 12.5. The van der Waals surface area contributed by atoms with Gasteiger partial charge in [0.05, 0.1) is 21.2 Å². The summed E-state index contributed by atoms with van der Waals surface area (Å²) in [5.74, 6) is -1.29. The Hall–Kier alpha value is -3.28. The van der Waals surface area contributed by atoms with Crippen LogP contribution in [0.4, 0.5) is 18.9 Å². The number of aryl methyl sites for hydroxylation is 1. The molecular formula is C30H32Cl2F3N3O4S. The molecule has 0 aliphatic carbocycles. The van der Waals surface area contributed by atoms with Crippen molar-refractivity contribution in [2.75, 3.05) is 17.4 Å². The molecule has 2 amide bonds. The third kappa shape index (κ3) is 8.87. The van der Waals surface area contributed by atoms with E-state index in [4.69, 9.17) is 23.2 Å². The molecule has 3 aromatic carbocycles. The van der Waals surface area contributed by atoms with Crippen LogP contribution in [-0.4, -0.2) is 44.3 Å². The number of benzene rings is 3. The van der Waals surface area contributed by atoms with E-state index in [0.717, 1.165) is 24.1 Å². The molecule has 0 saturated heterocycles. The number of rotatable bonds is 12. The maximum atomic E-state index is 13.9. The van der Waals surface area contributed by atoms with Gasteiger partial charge in [-0.15, -0.1) is 0 Å². The third-order valence-corrected chi connectivity index (χ3v) is 9.02. The summed E-state index contributed by atoms with van der Waals surface area (Å²) < 4.78 is 69.6. The van der Waals surface area contributed by atoms with Gasteiger partial charge < -0.3 is 10.2 Å². The number of amides is 2. The molecule has 0 unspecified atom stereocenters. The van der Waals surface area contributed by atoms with Crippen LogP contribution in [0.3, 0.4) is 0 Å². The lowest BCUT2D eigenvalue weighted by Crippen LogP contribution is -2.51. The van der Waals surface area contributed by atoms with E-state index < -0.39 is 56.9 Å². The van der Waals surface area contributed by atoms with Crippen molar-refractivity contribution in [3.63, 3.8) is 0 Å². The predicted molar refractivity (Wildman–Crippen MR) is 162 cm³/mol. The minimum atomic E-state index is -4.89. The molecule has 0 aliphatic rings. The summed E-state index contributed by atoms with van der Waals surface area (Å²) in [5, 5.41) is 2.52. The Kier molecular flexibility index (Phi) is 11.5. The van der Waals surface area contributed by atoms with Crippen LogP contribution in [0, 0.1) is 6.92 Å². The van der Waals surface area contributed by atoms with Crippen LogP contribution in [0.25, 0.3) is 0 Å². The molecule has 3 rings (SSSR count). The van der Waals surface area contributed by atoms with Crippen molar-refractivity contribution in [1.29, 1.82) is 0 Å². The van der Waals surface area contributed by atoms with Crippen molar-refractivity contribution in [2.24, 2.45) is 0 Å². The second-order valence-corrected chi connectivity index (χ2v) is 12.7. The number of unbranched alkanes of at least 4 members (excludes halogenated alkanes) is 1. The highest BCUT2D eigenvalue weighted by molar-refractivity contribution is 7.92. The molecule has 0 saturated carbocycles. The largest absolute Gasteiger partial charge is 0.417 e. The standard InChI is InChI=1S/C30H32Cl2F3N3O4S/c1-4-5-15-36-29(40)21(3)37(18-22-7-6-8-23(31)16-22)28(39)19-38(43(41,42)25-12-9-20(2)10-13-25)24-11-14-27(32)26(17-24)30(33,34)35/h6-14,16-17,21H,4-5,15,18-19H2,1-3H3,(H,36,40)/t21-/m1/s1. The molecule has 0 aromatic heterocycles. The molecule has 1 N–H and O–H groups in total. The van der Waals surface area contributed by atoms with Crippen molar-refractivity contribution in [3.05, 3.63) is 93.5 Å². The monoisotopic (exact) mass is 657 g/mol. The van der Waals surface area contributed by atoms with Gasteiger partial charge in [0.15, 0.2) is 0 Å². The Morgan fingerprint density at radius 2 is 1.67 bits per heavy atom. The third-order valence-electron chi connectivity index (χ3n) is 6.67.